The molecular weight excluding hydrogens is 240 g/mol. The lowest BCUT2D eigenvalue weighted by molar-refractivity contribution is 0.0353. The summed E-state index contributed by atoms with van der Waals surface area (Å²) in [6.07, 6.45) is 0. The lowest BCUT2D eigenvalue weighted by atomic mass is 10.1. The summed E-state index contributed by atoms with van der Waals surface area (Å²) in [7, 11) is 1.56. The van der Waals surface area contributed by atoms with Crippen molar-refractivity contribution in [2.75, 3.05) is 20.2 Å². The van der Waals surface area contributed by atoms with E-state index in [1.807, 2.05) is 18.2 Å². The average Bonchev–Trinajstić information content (AvgIpc) is 2.36. The second kappa shape index (κ2) is 6.55. The molecule has 19 heavy (non-hydrogen) atoms. The fourth-order valence-corrected chi connectivity index (χ4v) is 2.03. The van der Waals surface area contributed by atoms with Crippen molar-refractivity contribution in [3.8, 4) is 11.8 Å². The third-order valence-electron chi connectivity index (χ3n) is 2.85. The summed E-state index contributed by atoms with van der Waals surface area (Å²) in [5, 5.41) is 18.9. The van der Waals surface area contributed by atoms with Gasteiger partial charge in [0.15, 0.2) is 0 Å². The van der Waals surface area contributed by atoms with Gasteiger partial charge >= 0.3 is 0 Å². The quantitative estimate of drug-likeness (QED) is 0.853. The zero-order chi connectivity index (χ0) is 14.5. The molecule has 0 heterocycles. The highest BCUT2D eigenvalue weighted by atomic mass is 16.5. The second-order valence-corrected chi connectivity index (χ2v) is 5.26. The Labute approximate surface area is 115 Å². The van der Waals surface area contributed by atoms with Crippen LogP contribution in [0.2, 0.25) is 0 Å². The molecule has 0 amide bonds. The maximum Gasteiger partial charge on any atom is 0.136 e. The van der Waals surface area contributed by atoms with Gasteiger partial charge in [0.1, 0.15) is 11.8 Å². The van der Waals surface area contributed by atoms with Crippen LogP contribution in [0.1, 0.15) is 31.9 Å². The molecule has 0 saturated heterocycles. The summed E-state index contributed by atoms with van der Waals surface area (Å²) in [6, 6.07) is 7.74. The van der Waals surface area contributed by atoms with Gasteiger partial charge < -0.3 is 9.84 Å². The van der Waals surface area contributed by atoms with E-state index >= 15 is 0 Å². The Hall–Kier alpha value is -1.57. The number of ether oxygens (including phenoxy) is 1. The number of hydrogen-bond acceptors (Lipinski definition) is 4. The molecule has 4 heteroatoms. The minimum atomic E-state index is -0.722. The molecule has 1 aromatic rings. The number of nitrogens with zero attached hydrogens (tertiary/aromatic N) is 2. The van der Waals surface area contributed by atoms with Gasteiger partial charge in [-0.25, -0.2) is 0 Å². The highest BCUT2D eigenvalue weighted by Gasteiger charge is 2.17. The van der Waals surface area contributed by atoms with Gasteiger partial charge in [-0.05, 0) is 38.1 Å². The van der Waals surface area contributed by atoms with Crippen LogP contribution in [0.25, 0.3) is 0 Å². The molecule has 0 aliphatic carbocycles. The van der Waals surface area contributed by atoms with E-state index in [1.54, 1.807) is 21.0 Å². The first-order chi connectivity index (χ1) is 8.89. The van der Waals surface area contributed by atoms with Crippen LogP contribution in [-0.4, -0.2) is 35.8 Å². The van der Waals surface area contributed by atoms with Crippen LogP contribution >= 0.6 is 0 Å². The zero-order valence-corrected chi connectivity index (χ0v) is 12.1. The van der Waals surface area contributed by atoms with Crippen molar-refractivity contribution >= 4 is 0 Å². The smallest absolute Gasteiger partial charge is 0.136 e. The fraction of sp³-hybridized carbons (Fsp3) is 0.533. The Morgan fingerprint density at radius 2 is 2.11 bits per heavy atom. The van der Waals surface area contributed by atoms with Crippen molar-refractivity contribution in [3.05, 3.63) is 29.3 Å². The summed E-state index contributed by atoms with van der Waals surface area (Å²) in [4.78, 5) is 2.14. The maximum absolute atomic E-state index is 9.87. The number of benzene rings is 1. The highest BCUT2D eigenvalue weighted by molar-refractivity contribution is 5.45. The first-order valence-corrected chi connectivity index (χ1v) is 6.41. The minimum Gasteiger partial charge on any atom is -0.495 e. The van der Waals surface area contributed by atoms with Crippen molar-refractivity contribution in [2.45, 2.75) is 32.9 Å². The van der Waals surface area contributed by atoms with Crippen molar-refractivity contribution in [2.24, 2.45) is 0 Å². The van der Waals surface area contributed by atoms with E-state index in [1.165, 1.54) is 0 Å². The van der Waals surface area contributed by atoms with E-state index in [0.29, 0.717) is 24.4 Å². The van der Waals surface area contributed by atoms with Gasteiger partial charge in [-0.2, -0.15) is 5.26 Å². The summed E-state index contributed by atoms with van der Waals surface area (Å²) in [6.45, 7) is 7.80. The maximum atomic E-state index is 9.87. The van der Waals surface area contributed by atoms with Crippen LogP contribution in [0.4, 0.5) is 0 Å². The SMILES string of the molecule is CCN(Cc1ccc(OC)c(C#N)c1)CC(C)(C)O. The van der Waals surface area contributed by atoms with Gasteiger partial charge in [0.05, 0.1) is 18.3 Å². The third-order valence-corrected chi connectivity index (χ3v) is 2.85. The monoisotopic (exact) mass is 262 g/mol. The molecule has 0 fully saturated rings. The standard InChI is InChI=1S/C15H22N2O2/c1-5-17(11-15(2,3)18)10-12-6-7-14(19-4)13(8-12)9-16/h6-8,18H,5,10-11H2,1-4H3. The van der Waals surface area contributed by atoms with Gasteiger partial charge in [0.2, 0.25) is 0 Å². The minimum absolute atomic E-state index is 0.541. The number of nitriles is 1. The van der Waals surface area contributed by atoms with Crippen LogP contribution in [0.5, 0.6) is 5.75 Å². The fourth-order valence-electron chi connectivity index (χ4n) is 2.03. The molecule has 0 saturated carbocycles. The van der Waals surface area contributed by atoms with Gasteiger partial charge in [0.25, 0.3) is 0 Å². The van der Waals surface area contributed by atoms with Crippen LogP contribution in [-0.2, 0) is 6.54 Å². The van der Waals surface area contributed by atoms with E-state index in [4.69, 9.17) is 10.00 Å². The predicted octanol–water partition coefficient (Wildman–Crippen LogP) is 2.16. The Morgan fingerprint density at radius 1 is 1.42 bits per heavy atom. The largest absolute Gasteiger partial charge is 0.495 e. The first-order valence-electron chi connectivity index (χ1n) is 6.41. The van der Waals surface area contributed by atoms with Crippen LogP contribution < -0.4 is 4.74 Å². The van der Waals surface area contributed by atoms with E-state index in [0.717, 1.165) is 12.1 Å². The molecule has 1 rings (SSSR count). The molecule has 0 radical (unpaired) electrons. The molecule has 104 valence electrons. The Balaban J connectivity index is 2.84. The Morgan fingerprint density at radius 3 is 2.58 bits per heavy atom. The van der Waals surface area contributed by atoms with Crippen LogP contribution in [0, 0.1) is 11.3 Å². The molecule has 0 aliphatic heterocycles. The molecule has 0 bridgehead atoms. The zero-order valence-electron chi connectivity index (χ0n) is 12.1. The normalized spacial score (nSPS) is 11.4. The lowest BCUT2D eigenvalue weighted by Gasteiger charge is -2.28. The number of rotatable bonds is 6. The van der Waals surface area contributed by atoms with Gasteiger partial charge in [-0.1, -0.05) is 13.0 Å². The number of methoxy groups -OCH3 is 1. The molecule has 0 aromatic heterocycles. The Kier molecular flexibility index (Phi) is 5.34. The van der Waals surface area contributed by atoms with Gasteiger partial charge in [-0.3, -0.25) is 4.90 Å². The molecule has 0 unspecified atom stereocenters. The van der Waals surface area contributed by atoms with Crippen LogP contribution in [0.3, 0.4) is 0 Å². The Bertz CT molecular complexity index is 458. The van der Waals surface area contributed by atoms with E-state index in [9.17, 15) is 5.11 Å². The van der Waals surface area contributed by atoms with Crippen molar-refractivity contribution < 1.29 is 9.84 Å². The summed E-state index contributed by atoms with van der Waals surface area (Å²) < 4.78 is 5.13. The summed E-state index contributed by atoms with van der Waals surface area (Å²) in [5.74, 6) is 0.594. The van der Waals surface area contributed by atoms with Gasteiger partial charge in [0, 0.05) is 13.1 Å². The van der Waals surface area contributed by atoms with Crippen molar-refractivity contribution in [1.82, 2.24) is 4.90 Å². The van der Waals surface area contributed by atoms with E-state index < -0.39 is 5.60 Å². The molecule has 0 atom stereocenters. The summed E-state index contributed by atoms with van der Waals surface area (Å²) >= 11 is 0. The predicted molar refractivity (Wildman–Crippen MR) is 75.0 cm³/mol. The highest BCUT2D eigenvalue weighted by Crippen LogP contribution is 2.20. The topological polar surface area (TPSA) is 56.5 Å². The number of likely N-dealkylation sites (N-methyl/N-ethyl adjacent to an activating group) is 1. The molecule has 4 nitrogen and oxygen atoms in total. The van der Waals surface area contributed by atoms with Crippen LogP contribution in [0.15, 0.2) is 18.2 Å². The van der Waals surface area contributed by atoms with Crippen molar-refractivity contribution in [1.29, 1.82) is 5.26 Å². The first kappa shape index (κ1) is 15.5. The molecule has 1 N–H and O–H groups in total. The number of aliphatic hydroxyl groups is 1. The van der Waals surface area contributed by atoms with E-state index in [2.05, 4.69) is 17.9 Å². The molecule has 0 spiro atoms. The second-order valence-electron chi connectivity index (χ2n) is 5.26. The van der Waals surface area contributed by atoms with E-state index in [-0.39, 0.29) is 0 Å². The molecule has 0 aliphatic rings. The van der Waals surface area contributed by atoms with Gasteiger partial charge in [-0.15, -0.1) is 0 Å². The average molecular weight is 262 g/mol. The summed E-state index contributed by atoms with van der Waals surface area (Å²) in [5.41, 5.74) is 0.864. The van der Waals surface area contributed by atoms with Crippen molar-refractivity contribution in [3.63, 3.8) is 0 Å². The lowest BCUT2D eigenvalue weighted by Crippen LogP contribution is -2.38. The number of hydrogen-bond donors (Lipinski definition) is 1. The molecule has 1 aromatic carbocycles. The third kappa shape index (κ3) is 4.90. The molecular formula is C15H22N2O2.